The number of rotatable bonds is 33. The zero-order valence-corrected chi connectivity index (χ0v) is 30.0. The number of hydrogen-bond acceptors (Lipinski definition) is 7. The van der Waals surface area contributed by atoms with E-state index in [2.05, 4.69) is 13.8 Å². The van der Waals surface area contributed by atoms with Crippen molar-refractivity contribution in [3.63, 3.8) is 0 Å². The Morgan fingerprint density at radius 2 is 1.02 bits per heavy atom. The molecule has 3 N–H and O–H groups in total. The fraction of sp³-hybridized carbons (Fsp3) is 0.750. The molecule has 47 heavy (non-hydrogen) atoms. The molecular formula is C40H70O7. The van der Waals surface area contributed by atoms with Gasteiger partial charge in [-0.3, -0.25) is 9.59 Å². The topological polar surface area (TPSA) is 113 Å². The van der Waals surface area contributed by atoms with Crippen LogP contribution in [0.5, 0.6) is 0 Å². The van der Waals surface area contributed by atoms with E-state index in [0.29, 0.717) is 19.3 Å². The average Bonchev–Trinajstić information content (AvgIpc) is 3.06. The van der Waals surface area contributed by atoms with E-state index in [1.54, 1.807) is 12.2 Å². The summed E-state index contributed by atoms with van der Waals surface area (Å²) in [6, 6.07) is 0. The molecule has 0 aliphatic carbocycles. The summed E-state index contributed by atoms with van der Waals surface area (Å²) in [5, 5.41) is 29.5. The zero-order chi connectivity index (χ0) is 34.6. The number of ether oxygens (including phenoxy) is 2. The Morgan fingerprint density at radius 1 is 0.574 bits per heavy atom. The van der Waals surface area contributed by atoms with Gasteiger partial charge in [-0.2, -0.15) is 0 Å². The van der Waals surface area contributed by atoms with Gasteiger partial charge >= 0.3 is 11.9 Å². The summed E-state index contributed by atoms with van der Waals surface area (Å²) < 4.78 is 10.5. The van der Waals surface area contributed by atoms with Gasteiger partial charge in [-0.25, -0.2) is 0 Å². The summed E-state index contributed by atoms with van der Waals surface area (Å²) >= 11 is 0. The van der Waals surface area contributed by atoms with E-state index in [1.165, 1.54) is 70.6 Å². The molecule has 7 nitrogen and oxygen atoms in total. The van der Waals surface area contributed by atoms with Gasteiger partial charge in [-0.1, -0.05) is 165 Å². The van der Waals surface area contributed by atoms with Crippen LogP contribution in [0, 0.1) is 0 Å². The minimum absolute atomic E-state index is 0.107. The standard InChI is InChI=1S/C40H70O7/c1-3-5-7-8-9-10-11-12-13-14-15-19-22-26-32-39(44)46-35-38(34-41)47-40(45)33-27-31-37(43)30-25-21-18-16-17-20-24-29-36(42)28-23-6-4-2/h17-18,20-21,24-25,29-30,36-38,41-43H,3-16,19,22-23,26-28,31-35H2,1-2H3/b20-17-,21-18-,29-24+,30-25+/t36-,37-,38+/m1/s1. The molecule has 0 saturated heterocycles. The number of aliphatic hydroxyl groups is 3. The van der Waals surface area contributed by atoms with Gasteiger partial charge in [0.05, 0.1) is 18.8 Å². The molecule has 0 bridgehead atoms. The van der Waals surface area contributed by atoms with Crippen LogP contribution in [0.25, 0.3) is 0 Å². The normalized spacial score (nSPS) is 14.1. The molecule has 7 heteroatoms. The van der Waals surface area contributed by atoms with Crippen LogP contribution in [0.2, 0.25) is 0 Å². The summed E-state index contributed by atoms with van der Waals surface area (Å²) in [6.45, 7) is 3.84. The summed E-state index contributed by atoms with van der Waals surface area (Å²) in [7, 11) is 0. The molecule has 0 aromatic heterocycles. The molecule has 272 valence electrons. The van der Waals surface area contributed by atoms with Crippen molar-refractivity contribution in [1.29, 1.82) is 0 Å². The smallest absolute Gasteiger partial charge is 0.306 e. The maximum atomic E-state index is 12.2. The van der Waals surface area contributed by atoms with Crippen molar-refractivity contribution in [2.24, 2.45) is 0 Å². The van der Waals surface area contributed by atoms with Crippen LogP contribution >= 0.6 is 0 Å². The largest absolute Gasteiger partial charge is 0.462 e. The Kier molecular flexibility index (Phi) is 33.4. The van der Waals surface area contributed by atoms with Crippen LogP contribution in [0.15, 0.2) is 48.6 Å². The van der Waals surface area contributed by atoms with Gasteiger partial charge in [0.1, 0.15) is 6.61 Å². The lowest BCUT2D eigenvalue weighted by molar-refractivity contribution is -0.161. The molecule has 0 unspecified atom stereocenters. The highest BCUT2D eigenvalue weighted by Gasteiger charge is 2.16. The first-order chi connectivity index (χ1) is 22.9. The maximum absolute atomic E-state index is 12.2. The van der Waals surface area contributed by atoms with Gasteiger partial charge < -0.3 is 24.8 Å². The monoisotopic (exact) mass is 663 g/mol. The number of unbranched alkanes of at least 4 members (excludes halogenated alkanes) is 15. The highest BCUT2D eigenvalue weighted by molar-refractivity contribution is 5.70. The van der Waals surface area contributed by atoms with Gasteiger partial charge in [-0.05, 0) is 32.1 Å². The molecule has 0 heterocycles. The first-order valence-electron chi connectivity index (χ1n) is 18.9. The lowest BCUT2D eigenvalue weighted by Gasteiger charge is -2.16. The van der Waals surface area contributed by atoms with Crippen LogP contribution < -0.4 is 0 Å². The van der Waals surface area contributed by atoms with Gasteiger partial charge in [0, 0.05) is 12.8 Å². The lowest BCUT2D eigenvalue weighted by atomic mass is 10.0. The third-order valence-electron chi connectivity index (χ3n) is 8.08. The van der Waals surface area contributed by atoms with Crippen molar-refractivity contribution in [3.05, 3.63) is 48.6 Å². The summed E-state index contributed by atoms with van der Waals surface area (Å²) in [4.78, 5) is 24.2. The second-order valence-electron chi connectivity index (χ2n) is 12.7. The maximum Gasteiger partial charge on any atom is 0.306 e. The van der Waals surface area contributed by atoms with Crippen LogP contribution in [0.4, 0.5) is 0 Å². The molecule has 3 atom stereocenters. The van der Waals surface area contributed by atoms with Gasteiger partial charge in [0.15, 0.2) is 6.10 Å². The number of hydrogen-bond donors (Lipinski definition) is 3. The second kappa shape index (κ2) is 35.1. The Morgan fingerprint density at radius 3 is 1.53 bits per heavy atom. The number of allylic oxidation sites excluding steroid dienone is 6. The molecule has 0 amide bonds. The van der Waals surface area contributed by atoms with E-state index >= 15 is 0 Å². The first kappa shape index (κ1) is 44.8. The average molecular weight is 663 g/mol. The number of carbonyl (C=O) groups excluding carboxylic acids is 2. The summed E-state index contributed by atoms with van der Waals surface area (Å²) in [5.74, 6) is -0.819. The molecule has 0 aromatic rings. The van der Waals surface area contributed by atoms with Crippen molar-refractivity contribution < 1.29 is 34.4 Å². The number of carbonyl (C=O) groups is 2. The van der Waals surface area contributed by atoms with Crippen molar-refractivity contribution >= 4 is 11.9 Å². The van der Waals surface area contributed by atoms with Gasteiger partial charge in [0.2, 0.25) is 0 Å². The molecule has 0 saturated carbocycles. The van der Waals surface area contributed by atoms with Crippen molar-refractivity contribution in [2.75, 3.05) is 13.2 Å². The predicted molar refractivity (Wildman–Crippen MR) is 194 cm³/mol. The number of esters is 2. The molecule has 0 radical (unpaired) electrons. The van der Waals surface area contributed by atoms with Crippen molar-refractivity contribution in [2.45, 2.75) is 180 Å². The first-order valence-corrected chi connectivity index (χ1v) is 18.9. The van der Waals surface area contributed by atoms with Gasteiger partial charge in [0.25, 0.3) is 0 Å². The zero-order valence-electron chi connectivity index (χ0n) is 30.0. The fourth-order valence-corrected chi connectivity index (χ4v) is 5.12. The number of aliphatic hydroxyl groups excluding tert-OH is 3. The minimum Gasteiger partial charge on any atom is -0.462 e. The SMILES string of the molecule is CCCCCCCCCCCCCCCCC(=O)OC[C@H](CO)OC(=O)CCC[C@H](O)/C=C/C=C\C/C=C\C=C\[C@H](O)CCCCC. The third kappa shape index (κ3) is 33.5. The lowest BCUT2D eigenvalue weighted by Crippen LogP contribution is -2.28. The highest BCUT2D eigenvalue weighted by Crippen LogP contribution is 2.14. The molecule has 0 aliphatic rings. The van der Waals surface area contributed by atoms with Crippen molar-refractivity contribution in [3.8, 4) is 0 Å². The van der Waals surface area contributed by atoms with Gasteiger partial charge in [-0.15, -0.1) is 0 Å². The van der Waals surface area contributed by atoms with E-state index in [4.69, 9.17) is 9.47 Å². The van der Waals surface area contributed by atoms with Crippen LogP contribution in [-0.4, -0.2) is 58.8 Å². The summed E-state index contributed by atoms with van der Waals surface area (Å²) in [5.41, 5.74) is 0. The van der Waals surface area contributed by atoms with Crippen LogP contribution in [-0.2, 0) is 19.1 Å². The highest BCUT2D eigenvalue weighted by atomic mass is 16.6. The predicted octanol–water partition coefficient (Wildman–Crippen LogP) is 9.39. The quantitative estimate of drug-likeness (QED) is 0.0364. The Bertz CT molecular complexity index is 832. The van der Waals surface area contributed by atoms with E-state index < -0.39 is 24.8 Å². The van der Waals surface area contributed by atoms with Crippen LogP contribution in [0.1, 0.15) is 162 Å². The molecular weight excluding hydrogens is 592 g/mol. The summed E-state index contributed by atoms with van der Waals surface area (Å²) in [6.07, 6.45) is 36.6. The second-order valence-corrected chi connectivity index (χ2v) is 12.7. The molecule has 0 spiro atoms. The molecule has 0 fully saturated rings. The molecule has 0 aromatic carbocycles. The van der Waals surface area contributed by atoms with E-state index in [0.717, 1.165) is 51.4 Å². The molecule has 0 rings (SSSR count). The van der Waals surface area contributed by atoms with Crippen LogP contribution in [0.3, 0.4) is 0 Å². The Labute approximate surface area is 287 Å². The Balaban J connectivity index is 3.83. The van der Waals surface area contributed by atoms with E-state index in [-0.39, 0.29) is 25.1 Å². The van der Waals surface area contributed by atoms with E-state index in [1.807, 2.05) is 36.5 Å². The third-order valence-corrected chi connectivity index (χ3v) is 8.08. The Hall–Kier alpha value is -2.22. The minimum atomic E-state index is -0.877. The fourth-order valence-electron chi connectivity index (χ4n) is 5.12. The van der Waals surface area contributed by atoms with E-state index in [9.17, 15) is 24.9 Å². The van der Waals surface area contributed by atoms with Crippen molar-refractivity contribution in [1.82, 2.24) is 0 Å². The molecule has 0 aliphatic heterocycles.